The van der Waals surface area contributed by atoms with Gasteiger partial charge in [0.2, 0.25) is 0 Å². The van der Waals surface area contributed by atoms with Crippen LogP contribution in [0, 0.1) is 6.92 Å². The van der Waals surface area contributed by atoms with Crippen molar-refractivity contribution in [3.05, 3.63) is 34.4 Å². The third-order valence-electron chi connectivity index (χ3n) is 4.42. The first kappa shape index (κ1) is 15.4. The fourth-order valence-electron chi connectivity index (χ4n) is 3.13. The summed E-state index contributed by atoms with van der Waals surface area (Å²) in [5.74, 6) is -0.937. The van der Waals surface area contributed by atoms with Crippen molar-refractivity contribution in [3.8, 4) is 0 Å². The highest BCUT2D eigenvalue weighted by Crippen LogP contribution is 2.34. The SMILES string of the molecule is CCc1cc(C)cc(CC)c1C(C(=O)C1CO1)C(=O)C1CO1. The minimum Gasteiger partial charge on any atom is -0.365 e. The van der Waals surface area contributed by atoms with Crippen LogP contribution < -0.4 is 0 Å². The van der Waals surface area contributed by atoms with Gasteiger partial charge in [-0.15, -0.1) is 0 Å². The lowest BCUT2D eigenvalue weighted by Crippen LogP contribution is -2.31. The van der Waals surface area contributed by atoms with Gasteiger partial charge in [0.05, 0.1) is 13.2 Å². The molecule has 2 saturated heterocycles. The predicted octanol–water partition coefficient (Wildman–Crippen LogP) is 2.14. The second-order valence-corrected chi connectivity index (χ2v) is 6.09. The minimum atomic E-state index is -0.731. The molecule has 0 amide bonds. The molecule has 4 nitrogen and oxygen atoms in total. The molecule has 0 saturated carbocycles. The van der Waals surface area contributed by atoms with E-state index in [1.54, 1.807) is 0 Å². The van der Waals surface area contributed by atoms with E-state index in [-0.39, 0.29) is 11.6 Å². The van der Waals surface area contributed by atoms with Gasteiger partial charge in [-0.05, 0) is 36.5 Å². The molecule has 0 N–H and O–H groups in total. The Bertz CT molecular complexity index is 563. The number of carbonyl (C=O) groups excluding carboxylic acids is 2. The van der Waals surface area contributed by atoms with Crippen molar-refractivity contribution in [2.45, 2.75) is 51.7 Å². The lowest BCUT2D eigenvalue weighted by atomic mass is 9.80. The van der Waals surface area contributed by atoms with E-state index in [0.717, 1.165) is 29.5 Å². The van der Waals surface area contributed by atoms with Crippen molar-refractivity contribution in [2.75, 3.05) is 13.2 Å². The van der Waals surface area contributed by atoms with Gasteiger partial charge in [-0.25, -0.2) is 0 Å². The first-order valence-corrected chi connectivity index (χ1v) is 7.99. The summed E-state index contributed by atoms with van der Waals surface area (Å²) in [6, 6.07) is 4.17. The van der Waals surface area contributed by atoms with Gasteiger partial charge >= 0.3 is 0 Å². The van der Waals surface area contributed by atoms with E-state index in [9.17, 15) is 9.59 Å². The maximum atomic E-state index is 12.7. The number of carbonyl (C=O) groups is 2. The summed E-state index contributed by atoms with van der Waals surface area (Å²) >= 11 is 0. The summed E-state index contributed by atoms with van der Waals surface area (Å²) < 4.78 is 10.3. The van der Waals surface area contributed by atoms with Gasteiger partial charge in [0.15, 0.2) is 11.6 Å². The Balaban J connectivity index is 2.09. The van der Waals surface area contributed by atoms with Crippen molar-refractivity contribution in [3.63, 3.8) is 0 Å². The van der Waals surface area contributed by atoms with E-state index in [4.69, 9.17) is 9.47 Å². The van der Waals surface area contributed by atoms with E-state index < -0.39 is 18.1 Å². The van der Waals surface area contributed by atoms with Gasteiger partial charge in [-0.3, -0.25) is 9.59 Å². The van der Waals surface area contributed by atoms with Crippen LogP contribution in [-0.4, -0.2) is 37.0 Å². The highest BCUT2D eigenvalue weighted by atomic mass is 16.6. The van der Waals surface area contributed by atoms with Crippen LogP contribution in [0.15, 0.2) is 12.1 Å². The van der Waals surface area contributed by atoms with Gasteiger partial charge in [-0.2, -0.15) is 0 Å². The monoisotopic (exact) mass is 302 g/mol. The van der Waals surface area contributed by atoms with Gasteiger partial charge in [-0.1, -0.05) is 31.5 Å². The summed E-state index contributed by atoms with van der Waals surface area (Å²) in [7, 11) is 0. The Morgan fingerprint density at radius 1 is 1.05 bits per heavy atom. The molecule has 0 radical (unpaired) electrons. The summed E-state index contributed by atoms with van der Waals surface area (Å²) in [6.45, 7) is 7.04. The molecule has 3 rings (SSSR count). The van der Waals surface area contributed by atoms with Gasteiger partial charge in [0.1, 0.15) is 18.1 Å². The molecule has 0 bridgehead atoms. The van der Waals surface area contributed by atoms with Crippen LogP contribution in [0.2, 0.25) is 0 Å². The van der Waals surface area contributed by atoms with E-state index in [0.29, 0.717) is 13.2 Å². The average Bonchev–Trinajstić information content (AvgIpc) is 3.40. The fraction of sp³-hybridized carbons (Fsp3) is 0.556. The summed E-state index contributed by atoms with van der Waals surface area (Å²) in [5.41, 5.74) is 4.24. The van der Waals surface area contributed by atoms with Crippen molar-refractivity contribution in [1.82, 2.24) is 0 Å². The molecule has 2 unspecified atom stereocenters. The van der Waals surface area contributed by atoms with Crippen LogP contribution in [0.25, 0.3) is 0 Å². The van der Waals surface area contributed by atoms with Crippen molar-refractivity contribution >= 4 is 11.6 Å². The fourth-order valence-corrected chi connectivity index (χ4v) is 3.13. The molecule has 2 atom stereocenters. The van der Waals surface area contributed by atoms with Crippen LogP contribution in [0.4, 0.5) is 0 Å². The van der Waals surface area contributed by atoms with Crippen LogP contribution in [0.5, 0.6) is 0 Å². The smallest absolute Gasteiger partial charge is 0.178 e. The van der Waals surface area contributed by atoms with Gasteiger partial charge < -0.3 is 9.47 Å². The minimum absolute atomic E-state index is 0.103. The normalized spacial score (nSPS) is 24.0. The number of aryl methyl sites for hydroxylation is 3. The van der Waals surface area contributed by atoms with E-state index in [1.165, 1.54) is 5.56 Å². The zero-order chi connectivity index (χ0) is 15.9. The second kappa shape index (κ2) is 5.94. The number of ether oxygens (including phenoxy) is 2. The Hall–Kier alpha value is -1.52. The Morgan fingerprint density at radius 3 is 1.77 bits per heavy atom. The zero-order valence-electron chi connectivity index (χ0n) is 13.3. The summed E-state index contributed by atoms with van der Waals surface area (Å²) in [5, 5.41) is 0. The van der Waals surface area contributed by atoms with Crippen LogP contribution >= 0.6 is 0 Å². The van der Waals surface area contributed by atoms with Crippen molar-refractivity contribution in [2.24, 2.45) is 0 Å². The highest BCUT2D eigenvalue weighted by molar-refractivity contribution is 6.12. The summed E-state index contributed by atoms with van der Waals surface area (Å²) in [6.07, 6.45) is 0.780. The molecular weight excluding hydrogens is 280 g/mol. The standard InChI is InChI=1S/C18H22O4/c1-4-11-6-10(3)7-12(5-2)15(11)16(17(19)13-8-21-13)18(20)14-9-22-14/h6-7,13-14,16H,4-5,8-9H2,1-3H3. The lowest BCUT2D eigenvalue weighted by molar-refractivity contribution is -0.130. The van der Waals surface area contributed by atoms with Crippen molar-refractivity contribution in [1.29, 1.82) is 0 Å². The summed E-state index contributed by atoms with van der Waals surface area (Å²) in [4.78, 5) is 25.4. The molecule has 2 fully saturated rings. The quantitative estimate of drug-likeness (QED) is 0.572. The maximum Gasteiger partial charge on any atom is 0.178 e. The molecule has 2 heterocycles. The largest absolute Gasteiger partial charge is 0.365 e. The lowest BCUT2D eigenvalue weighted by Gasteiger charge is -2.21. The predicted molar refractivity (Wildman–Crippen MR) is 82.2 cm³/mol. The van der Waals surface area contributed by atoms with Gasteiger partial charge in [0, 0.05) is 0 Å². The zero-order valence-corrected chi connectivity index (χ0v) is 13.3. The number of ketones is 2. The number of epoxide rings is 2. The number of rotatable bonds is 7. The van der Waals surface area contributed by atoms with Gasteiger partial charge in [0.25, 0.3) is 0 Å². The molecule has 2 aliphatic heterocycles. The molecule has 0 aromatic heterocycles. The molecule has 22 heavy (non-hydrogen) atoms. The van der Waals surface area contributed by atoms with Crippen LogP contribution in [0.3, 0.4) is 0 Å². The molecule has 2 aliphatic rings. The molecule has 1 aromatic rings. The number of hydrogen-bond acceptors (Lipinski definition) is 4. The van der Waals surface area contributed by atoms with E-state index >= 15 is 0 Å². The van der Waals surface area contributed by atoms with Crippen molar-refractivity contribution < 1.29 is 19.1 Å². The van der Waals surface area contributed by atoms with Crippen LogP contribution in [-0.2, 0) is 31.9 Å². The number of benzene rings is 1. The van der Waals surface area contributed by atoms with E-state index in [1.807, 2.05) is 0 Å². The Labute approximate surface area is 130 Å². The molecule has 0 aliphatic carbocycles. The topological polar surface area (TPSA) is 59.2 Å². The second-order valence-electron chi connectivity index (χ2n) is 6.09. The first-order chi connectivity index (χ1) is 10.6. The molecule has 4 heteroatoms. The third kappa shape index (κ3) is 2.85. The molecule has 1 aromatic carbocycles. The average molecular weight is 302 g/mol. The third-order valence-corrected chi connectivity index (χ3v) is 4.42. The maximum absolute atomic E-state index is 12.7. The molecular formula is C18H22O4. The highest BCUT2D eigenvalue weighted by Gasteiger charge is 2.47. The Kier molecular flexibility index (Phi) is 4.15. The van der Waals surface area contributed by atoms with E-state index in [2.05, 4.69) is 32.9 Å². The first-order valence-electron chi connectivity index (χ1n) is 7.99. The molecule has 0 spiro atoms. The number of hydrogen-bond donors (Lipinski definition) is 0. The van der Waals surface area contributed by atoms with Crippen LogP contribution in [0.1, 0.15) is 42.0 Å². The number of Topliss-reactive ketones (excluding diaryl/α,β-unsaturated/α-hetero) is 2. The molecule has 118 valence electrons. The Morgan fingerprint density at radius 2 is 1.45 bits per heavy atom.